The molecular weight excluding hydrogens is 362 g/mol. The van der Waals surface area contributed by atoms with Crippen LogP contribution in [-0.2, 0) is 6.54 Å². The second kappa shape index (κ2) is 10.1. The van der Waals surface area contributed by atoms with E-state index < -0.39 is 0 Å². The van der Waals surface area contributed by atoms with Crippen LogP contribution in [-0.4, -0.2) is 34.8 Å². The molecule has 0 bridgehead atoms. The number of benzene rings is 2. The maximum absolute atomic E-state index is 6.21. The zero-order valence-electron chi connectivity index (χ0n) is 15.5. The molecule has 142 valence electrons. The molecule has 0 aliphatic heterocycles. The van der Waals surface area contributed by atoms with Crippen LogP contribution in [0.1, 0.15) is 25.7 Å². The molecule has 0 amide bonds. The van der Waals surface area contributed by atoms with Gasteiger partial charge in [-0.1, -0.05) is 48.9 Å². The number of halogens is 1. The molecule has 0 N–H and O–H groups in total. The van der Waals surface area contributed by atoms with Crippen molar-refractivity contribution in [2.24, 2.45) is 0 Å². The van der Waals surface area contributed by atoms with Crippen molar-refractivity contribution >= 4 is 11.6 Å². The van der Waals surface area contributed by atoms with Crippen molar-refractivity contribution in [2.45, 2.75) is 26.3 Å². The molecule has 0 unspecified atom stereocenters. The van der Waals surface area contributed by atoms with Crippen LogP contribution >= 0.6 is 11.6 Å². The second-order valence-electron chi connectivity index (χ2n) is 6.27. The normalized spacial score (nSPS) is 11.1. The van der Waals surface area contributed by atoms with E-state index in [0.29, 0.717) is 30.0 Å². The van der Waals surface area contributed by atoms with Gasteiger partial charge in [0, 0.05) is 6.54 Å². The number of para-hydroxylation sites is 1. The average molecular weight is 386 g/mol. The summed E-state index contributed by atoms with van der Waals surface area (Å²) < 4.78 is 11.6. The number of nitrogens with zero attached hydrogens (tertiary/aromatic N) is 3. The highest BCUT2D eigenvalue weighted by Gasteiger charge is 2.14. The van der Waals surface area contributed by atoms with Crippen LogP contribution in [0.25, 0.3) is 11.5 Å². The molecule has 3 rings (SSSR count). The van der Waals surface area contributed by atoms with Crippen LogP contribution in [0.5, 0.6) is 5.75 Å². The van der Waals surface area contributed by atoms with Crippen molar-refractivity contribution in [2.75, 3.05) is 19.7 Å². The Morgan fingerprint density at radius 1 is 1.00 bits per heavy atom. The molecule has 1 heterocycles. The van der Waals surface area contributed by atoms with Crippen LogP contribution in [0.4, 0.5) is 0 Å². The minimum Gasteiger partial charge on any atom is -0.494 e. The summed E-state index contributed by atoms with van der Waals surface area (Å²) in [5.74, 6) is 1.96. The summed E-state index contributed by atoms with van der Waals surface area (Å²) in [5, 5.41) is 8.94. The highest BCUT2D eigenvalue weighted by molar-refractivity contribution is 6.33. The molecule has 0 saturated heterocycles. The number of hydrogen-bond donors (Lipinski definition) is 0. The van der Waals surface area contributed by atoms with Gasteiger partial charge in [0.1, 0.15) is 5.75 Å². The molecule has 1 aromatic heterocycles. The number of rotatable bonds is 10. The molecule has 27 heavy (non-hydrogen) atoms. The van der Waals surface area contributed by atoms with Crippen LogP contribution in [0, 0.1) is 0 Å². The van der Waals surface area contributed by atoms with E-state index in [1.165, 1.54) is 0 Å². The molecule has 0 spiro atoms. The van der Waals surface area contributed by atoms with E-state index in [2.05, 4.69) is 22.0 Å². The fourth-order valence-corrected chi connectivity index (χ4v) is 3.05. The summed E-state index contributed by atoms with van der Waals surface area (Å²) in [5.41, 5.74) is 0.760. The standard InChI is InChI=1S/C21H24ClN3O2/c1-2-13-25(14-8-15-26-17-9-4-3-5-10-17)16-20-23-24-21(27-20)18-11-6-7-12-19(18)22/h3-7,9-12H,2,8,13-16H2,1H3. The summed E-state index contributed by atoms with van der Waals surface area (Å²) in [4.78, 5) is 2.30. The third-order valence-electron chi connectivity index (χ3n) is 4.10. The molecule has 0 atom stereocenters. The molecule has 5 nitrogen and oxygen atoms in total. The van der Waals surface area contributed by atoms with Crippen LogP contribution < -0.4 is 4.74 Å². The van der Waals surface area contributed by atoms with Crippen molar-refractivity contribution in [3.63, 3.8) is 0 Å². The van der Waals surface area contributed by atoms with Crippen LogP contribution in [0.15, 0.2) is 59.0 Å². The van der Waals surface area contributed by atoms with Crippen molar-refractivity contribution < 1.29 is 9.15 Å². The van der Waals surface area contributed by atoms with Gasteiger partial charge in [0.15, 0.2) is 0 Å². The Kier molecular flexibility index (Phi) is 7.25. The maximum Gasteiger partial charge on any atom is 0.249 e. The van der Waals surface area contributed by atoms with E-state index in [4.69, 9.17) is 20.8 Å². The average Bonchev–Trinajstić information content (AvgIpc) is 3.15. The Labute approximate surface area is 164 Å². The Morgan fingerprint density at radius 3 is 2.56 bits per heavy atom. The van der Waals surface area contributed by atoms with E-state index in [-0.39, 0.29) is 0 Å². The minimum absolute atomic E-state index is 0.458. The summed E-state index contributed by atoms with van der Waals surface area (Å²) in [7, 11) is 0. The van der Waals surface area contributed by atoms with Gasteiger partial charge in [0.05, 0.1) is 23.7 Å². The third kappa shape index (κ3) is 5.81. The second-order valence-corrected chi connectivity index (χ2v) is 6.68. The van der Waals surface area contributed by atoms with E-state index in [1.54, 1.807) is 0 Å². The maximum atomic E-state index is 6.21. The van der Waals surface area contributed by atoms with E-state index >= 15 is 0 Å². The molecule has 0 saturated carbocycles. The van der Waals surface area contributed by atoms with Crippen molar-refractivity contribution in [1.82, 2.24) is 15.1 Å². The first kappa shape index (κ1) is 19.4. The van der Waals surface area contributed by atoms with Gasteiger partial charge >= 0.3 is 0 Å². The Balaban J connectivity index is 1.52. The molecular formula is C21H24ClN3O2. The molecule has 0 aliphatic rings. The lowest BCUT2D eigenvalue weighted by atomic mass is 10.2. The lowest BCUT2D eigenvalue weighted by Gasteiger charge is -2.19. The summed E-state index contributed by atoms with van der Waals surface area (Å²) in [6, 6.07) is 17.4. The highest BCUT2D eigenvalue weighted by atomic mass is 35.5. The summed E-state index contributed by atoms with van der Waals surface area (Å²) in [6.07, 6.45) is 1.99. The summed E-state index contributed by atoms with van der Waals surface area (Å²) in [6.45, 7) is 5.34. The zero-order valence-corrected chi connectivity index (χ0v) is 16.2. The fraction of sp³-hybridized carbons (Fsp3) is 0.333. The third-order valence-corrected chi connectivity index (χ3v) is 4.43. The van der Waals surface area contributed by atoms with Crippen molar-refractivity contribution in [3.8, 4) is 17.2 Å². The first-order valence-corrected chi connectivity index (χ1v) is 9.61. The first-order chi connectivity index (χ1) is 13.3. The van der Waals surface area contributed by atoms with Crippen molar-refractivity contribution in [1.29, 1.82) is 0 Å². The van der Waals surface area contributed by atoms with Gasteiger partial charge in [-0.05, 0) is 43.7 Å². The SMILES string of the molecule is CCCN(CCCOc1ccccc1)Cc1nnc(-c2ccccc2Cl)o1. The molecule has 3 aromatic rings. The van der Waals surface area contributed by atoms with Crippen molar-refractivity contribution in [3.05, 3.63) is 65.5 Å². The van der Waals surface area contributed by atoms with Gasteiger partial charge in [-0.15, -0.1) is 10.2 Å². The fourth-order valence-electron chi connectivity index (χ4n) is 2.83. The van der Waals surface area contributed by atoms with Gasteiger partial charge < -0.3 is 9.15 Å². The van der Waals surface area contributed by atoms with E-state index in [1.807, 2.05) is 54.6 Å². The highest BCUT2D eigenvalue weighted by Crippen LogP contribution is 2.26. The molecule has 2 aromatic carbocycles. The van der Waals surface area contributed by atoms with Gasteiger partial charge in [0.25, 0.3) is 0 Å². The topological polar surface area (TPSA) is 51.4 Å². The van der Waals surface area contributed by atoms with Gasteiger partial charge in [-0.3, -0.25) is 4.90 Å². The summed E-state index contributed by atoms with van der Waals surface area (Å²) >= 11 is 6.21. The van der Waals surface area contributed by atoms with Gasteiger partial charge in [0.2, 0.25) is 11.8 Å². The molecule has 0 radical (unpaired) electrons. The molecule has 0 fully saturated rings. The van der Waals surface area contributed by atoms with E-state index in [0.717, 1.165) is 37.2 Å². The first-order valence-electron chi connectivity index (χ1n) is 9.23. The zero-order chi connectivity index (χ0) is 18.9. The number of ether oxygens (including phenoxy) is 1. The molecule has 6 heteroatoms. The van der Waals surface area contributed by atoms with Crippen LogP contribution in [0.2, 0.25) is 5.02 Å². The Morgan fingerprint density at radius 2 is 1.78 bits per heavy atom. The molecule has 0 aliphatic carbocycles. The smallest absolute Gasteiger partial charge is 0.249 e. The Hall–Kier alpha value is -2.37. The monoisotopic (exact) mass is 385 g/mol. The van der Waals surface area contributed by atoms with E-state index in [9.17, 15) is 0 Å². The minimum atomic E-state index is 0.458. The lowest BCUT2D eigenvalue weighted by molar-refractivity contribution is 0.212. The quantitative estimate of drug-likeness (QED) is 0.456. The number of hydrogen-bond acceptors (Lipinski definition) is 5. The van der Waals surface area contributed by atoms with Gasteiger partial charge in [-0.2, -0.15) is 0 Å². The lowest BCUT2D eigenvalue weighted by Crippen LogP contribution is -2.26. The Bertz CT molecular complexity index is 823. The number of aromatic nitrogens is 2. The van der Waals surface area contributed by atoms with Crippen LogP contribution in [0.3, 0.4) is 0 Å². The predicted octanol–water partition coefficient (Wildman–Crippen LogP) is 5.07. The predicted molar refractivity (Wildman–Crippen MR) is 107 cm³/mol. The largest absolute Gasteiger partial charge is 0.494 e. The van der Waals surface area contributed by atoms with Gasteiger partial charge in [-0.25, -0.2) is 0 Å².